The van der Waals surface area contributed by atoms with E-state index >= 15 is 0 Å². The number of thiazole rings is 1. The Bertz CT molecular complexity index is 837. The number of halogens is 8. The largest absolute Gasteiger partial charge is 0.574 e. The number of hydrogen-bond donors (Lipinski definition) is 0. The van der Waals surface area contributed by atoms with Crippen LogP contribution in [0.2, 0.25) is 0 Å². The molecule has 0 aliphatic rings. The van der Waals surface area contributed by atoms with Crippen LogP contribution < -0.4 is 8.66 Å². The van der Waals surface area contributed by atoms with E-state index in [0.29, 0.717) is 15.3 Å². The standard InChI is InChI=1S/C13H6Br2F6N2O2S/c1-5-22-10(25-13(19,20)21)9(26-5)11(24)23(15)8-3-2-6(4-7(8)14)12(16,17)18/h2-4H,1H3. The molecule has 0 atom stereocenters. The summed E-state index contributed by atoms with van der Waals surface area (Å²) in [4.78, 5) is 15.5. The fraction of sp³-hybridized carbons (Fsp3) is 0.231. The molecular formula is C13H6Br2F6N2O2S. The zero-order chi connectivity index (χ0) is 19.9. The summed E-state index contributed by atoms with van der Waals surface area (Å²) in [6.07, 6.45) is -9.65. The van der Waals surface area contributed by atoms with Gasteiger partial charge in [0, 0.05) is 4.47 Å². The van der Waals surface area contributed by atoms with Crippen molar-refractivity contribution >= 4 is 55.0 Å². The maximum Gasteiger partial charge on any atom is 0.574 e. The number of aromatic nitrogens is 1. The number of anilines is 1. The maximum atomic E-state index is 12.7. The number of rotatable bonds is 3. The zero-order valence-corrected chi connectivity index (χ0v) is 16.4. The smallest absolute Gasteiger partial charge is 0.386 e. The first-order chi connectivity index (χ1) is 11.8. The summed E-state index contributed by atoms with van der Waals surface area (Å²) in [6, 6.07) is 2.45. The van der Waals surface area contributed by atoms with E-state index in [0.717, 1.165) is 18.2 Å². The Hall–Kier alpha value is -1.34. The topological polar surface area (TPSA) is 42.4 Å². The molecule has 0 unspecified atom stereocenters. The first kappa shape index (κ1) is 21.0. The van der Waals surface area contributed by atoms with Crippen molar-refractivity contribution in [1.82, 2.24) is 4.98 Å². The Balaban J connectivity index is 2.37. The fourth-order valence-electron chi connectivity index (χ4n) is 1.76. The molecule has 0 saturated heterocycles. The van der Waals surface area contributed by atoms with Gasteiger partial charge in [0.25, 0.3) is 5.91 Å². The average Bonchev–Trinajstić information content (AvgIpc) is 2.83. The van der Waals surface area contributed by atoms with Gasteiger partial charge in [0.2, 0.25) is 5.88 Å². The third-order valence-electron chi connectivity index (χ3n) is 2.77. The zero-order valence-electron chi connectivity index (χ0n) is 12.4. The monoisotopic (exact) mass is 526 g/mol. The lowest BCUT2D eigenvalue weighted by atomic mass is 10.2. The Morgan fingerprint density at radius 3 is 2.35 bits per heavy atom. The number of carbonyl (C=O) groups is 1. The number of alkyl halides is 6. The van der Waals surface area contributed by atoms with Crippen LogP contribution in [0.15, 0.2) is 22.7 Å². The summed E-state index contributed by atoms with van der Waals surface area (Å²) in [5.41, 5.74) is -1.01. The van der Waals surface area contributed by atoms with E-state index < -0.39 is 34.8 Å². The van der Waals surface area contributed by atoms with Crippen LogP contribution in [0.1, 0.15) is 20.2 Å². The van der Waals surface area contributed by atoms with Crippen LogP contribution in [0.3, 0.4) is 0 Å². The van der Waals surface area contributed by atoms with E-state index in [-0.39, 0.29) is 15.2 Å². The minimum absolute atomic E-state index is 0.0491. The average molecular weight is 528 g/mol. The minimum atomic E-state index is -5.05. The summed E-state index contributed by atoms with van der Waals surface area (Å²) in [6.45, 7) is 1.37. The predicted molar refractivity (Wildman–Crippen MR) is 88.4 cm³/mol. The molecule has 26 heavy (non-hydrogen) atoms. The van der Waals surface area contributed by atoms with E-state index in [1.807, 2.05) is 0 Å². The summed E-state index contributed by atoms with van der Waals surface area (Å²) < 4.78 is 79.7. The van der Waals surface area contributed by atoms with Gasteiger partial charge in [-0.2, -0.15) is 13.2 Å². The van der Waals surface area contributed by atoms with Gasteiger partial charge < -0.3 is 4.74 Å². The summed E-state index contributed by atoms with van der Waals surface area (Å²) in [7, 11) is 0. The molecule has 0 N–H and O–H groups in total. The summed E-state index contributed by atoms with van der Waals surface area (Å²) >= 11 is 6.40. The molecular weight excluding hydrogens is 522 g/mol. The lowest BCUT2D eigenvalue weighted by Gasteiger charge is -2.17. The Morgan fingerprint density at radius 2 is 1.85 bits per heavy atom. The number of aryl methyl sites for hydroxylation is 1. The van der Waals surface area contributed by atoms with E-state index in [1.165, 1.54) is 6.92 Å². The molecule has 1 aromatic heterocycles. The van der Waals surface area contributed by atoms with Gasteiger partial charge in [-0.1, -0.05) is 0 Å². The van der Waals surface area contributed by atoms with Crippen molar-refractivity contribution in [3.8, 4) is 5.88 Å². The Morgan fingerprint density at radius 1 is 1.23 bits per heavy atom. The van der Waals surface area contributed by atoms with Gasteiger partial charge in [0.05, 0.1) is 32.4 Å². The van der Waals surface area contributed by atoms with Crippen molar-refractivity contribution in [3.63, 3.8) is 0 Å². The number of amides is 1. The maximum absolute atomic E-state index is 12.7. The van der Waals surface area contributed by atoms with Gasteiger partial charge in [-0.15, -0.1) is 24.5 Å². The molecule has 142 valence electrons. The van der Waals surface area contributed by atoms with Gasteiger partial charge in [-0.25, -0.2) is 8.91 Å². The summed E-state index contributed by atoms with van der Waals surface area (Å²) in [5, 5.41) is 0.139. The molecule has 4 nitrogen and oxygen atoms in total. The fourth-order valence-corrected chi connectivity index (χ4v) is 3.94. The molecule has 1 amide bonds. The highest BCUT2D eigenvalue weighted by Crippen LogP contribution is 2.38. The van der Waals surface area contributed by atoms with Crippen LogP contribution in [0.4, 0.5) is 32.0 Å². The molecule has 2 aromatic rings. The lowest BCUT2D eigenvalue weighted by Crippen LogP contribution is -2.23. The molecule has 0 aliphatic carbocycles. The Kier molecular flexibility index (Phi) is 5.93. The highest BCUT2D eigenvalue weighted by Gasteiger charge is 2.36. The van der Waals surface area contributed by atoms with E-state index in [2.05, 4.69) is 41.8 Å². The molecule has 1 heterocycles. The number of nitrogens with zero attached hydrogens (tertiary/aromatic N) is 2. The van der Waals surface area contributed by atoms with Crippen LogP contribution in [0.25, 0.3) is 0 Å². The second kappa shape index (κ2) is 7.35. The molecule has 1 aromatic carbocycles. The van der Waals surface area contributed by atoms with Crippen LogP contribution in [0.5, 0.6) is 5.88 Å². The summed E-state index contributed by atoms with van der Waals surface area (Å²) in [5.74, 6) is -1.92. The van der Waals surface area contributed by atoms with Gasteiger partial charge >= 0.3 is 12.5 Å². The van der Waals surface area contributed by atoms with Crippen molar-refractivity contribution in [2.24, 2.45) is 0 Å². The molecule has 0 fully saturated rings. The van der Waals surface area contributed by atoms with Crippen molar-refractivity contribution in [2.75, 3.05) is 3.93 Å². The molecule has 13 heteroatoms. The Labute approximate surface area is 163 Å². The number of carbonyl (C=O) groups excluding carboxylic acids is 1. The normalized spacial score (nSPS) is 12.2. The van der Waals surface area contributed by atoms with Crippen LogP contribution >= 0.6 is 43.4 Å². The van der Waals surface area contributed by atoms with E-state index in [9.17, 15) is 31.1 Å². The lowest BCUT2D eigenvalue weighted by molar-refractivity contribution is -0.276. The third kappa shape index (κ3) is 4.88. The van der Waals surface area contributed by atoms with Crippen molar-refractivity contribution in [2.45, 2.75) is 19.5 Å². The second-order valence-corrected chi connectivity index (χ2v) is 7.43. The predicted octanol–water partition coefficient (Wildman–Crippen LogP) is 6.09. The first-order valence-corrected chi connectivity index (χ1v) is 8.71. The van der Waals surface area contributed by atoms with Crippen molar-refractivity contribution < 1.29 is 35.9 Å². The van der Waals surface area contributed by atoms with Gasteiger partial charge in [-0.3, -0.25) is 4.79 Å². The minimum Gasteiger partial charge on any atom is -0.386 e. The number of benzene rings is 1. The molecule has 0 aliphatic heterocycles. The number of hydrogen-bond acceptors (Lipinski definition) is 4. The molecule has 2 rings (SSSR count). The molecule has 0 bridgehead atoms. The van der Waals surface area contributed by atoms with E-state index in [1.54, 1.807) is 0 Å². The molecule has 0 spiro atoms. The highest BCUT2D eigenvalue weighted by atomic mass is 79.9. The van der Waals surface area contributed by atoms with Crippen LogP contribution in [-0.4, -0.2) is 17.3 Å². The third-order valence-corrected chi connectivity index (χ3v) is 5.05. The van der Waals surface area contributed by atoms with Gasteiger partial charge in [-0.05, 0) is 41.1 Å². The number of ether oxygens (including phenoxy) is 1. The van der Waals surface area contributed by atoms with Crippen LogP contribution in [0, 0.1) is 6.92 Å². The quantitative estimate of drug-likeness (QED) is 0.358. The first-order valence-electron chi connectivity index (χ1n) is 6.39. The SMILES string of the molecule is Cc1nc(OC(F)(F)F)c(C(=O)N(Br)c2ccc(C(F)(F)F)cc2Br)s1. The molecule has 0 radical (unpaired) electrons. The van der Waals surface area contributed by atoms with Gasteiger partial charge in [0.15, 0.2) is 4.88 Å². The van der Waals surface area contributed by atoms with Gasteiger partial charge in [0.1, 0.15) is 0 Å². The highest BCUT2D eigenvalue weighted by molar-refractivity contribution is 9.11. The van der Waals surface area contributed by atoms with Crippen LogP contribution in [-0.2, 0) is 6.18 Å². The second-order valence-electron chi connectivity index (χ2n) is 4.66. The van der Waals surface area contributed by atoms with Crippen molar-refractivity contribution in [1.29, 1.82) is 0 Å². The van der Waals surface area contributed by atoms with Crippen molar-refractivity contribution in [3.05, 3.63) is 38.1 Å². The van der Waals surface area contributed by atoms with E-state index in [4.69, 9.17) is 0 Å². The molecule has 0 saturated carbocycles.